The minimum atomic E-state index is 0.0698. The van der Waals surface area contributed by atoms with E-state index in [1.807, 2.05) is 6.07 Å². The second-order valence-corrected chi connectivity index (χ2v) is 13.5. The van der Waals surface area contributed by atoms with Crippen LogP contribution in [-0.4, -0.2) is 12.6 Å². The number of nitrogens with zero attached hydrogens (tertiary/aromatic N) is 1. The van der Waals surface area contributed by atoms with Crippen LogP contribution >= 0.6 is 0 Å². The minimum Gasteiger partial charge on any atom is -0.489 e. The van der Waals surface area contributed by atoms with Crippen LogP contribution in [0.25, 0.3) is 38.6 Å². The average molecular weight is 622 g/mol. The van der Waals surface area contributed by atoms with Gasteiger partial charge in [0.15, 0.2) is 0 Å². The van der Waals surface area contributed by atoms with Gasteiger partial charge in [-0.2, -0.15) is 0 Å². The van der Waals surface area contributed by atoms with Gasteiger partial charge in [-0.05, 0) is 82.6 Å². The molecule has 1 aliphatic heterocycles. The Bertz CT molecular complexity index is 2340. The monoisotopic (exact) mass is 621 g/mol. The molecule has 2 heterocycles. The van der Waals surface area contributed by atoms with Gasteiger partial charge in [-0.1, -0.05) is 103 Å². The van der Waals surface area contributed by atoms with Gasteiger partial charge in [0.25, 0.3) is 0 Å². The van der Waals surface area contributed by atoms with Crippen molar-refractivity contribution < 1.29 is 9.15 Å². The molecular formula is C45H35NO2. The van der Waals surface area contributed by atoms with Gasteiger partial charge in [-0.15, -0.1) is 0 Å². The van der Waals surface area contributed by atoms with Crippen molar-refractivity contribution >= 4 is 38.9 Å². The smallest absolute Gasteiger partial charge is 0.137 e. The Kier molecular flexibility index (Phi) is 6.33. The molecule has 232 valence electrons. The number of anilines is 2. The van der Waals surface area contributed by atoms with Crippen LogP contribution in [0.1, 0.15) is 36.3 Å². The predicted octanol–water partition coefficient (Wildman–Crippen LogP) is 11.5. The molecule has 10 rings (SSSR count). The highest BCUT2D eigenvalue weighted by molar-refractivity contribution is 6.05. The van der Waals surface area contributed by atoms with Crippen LogP contribution in [0.15, 0.2) is 167 Å². The van der Waals surface area contributed by atoms with Gasteiger partial charge in [0.05, 0.1) is 5.92 Å². The lowest BCUT2D eigenvalue weighted by Gasteiger charge is -2.34. The number of benzene rings is 5. The normalized spacial score (nSPS) is 20.8. The summed E-state index contributed by atoms with van der Waals surface area (Å²) in [6.07, 6.45) is 12.5. The summed E-state index contributed by atoms with van der Waals surface area (Å²) in [5.74, 6) is 1.69. The van der Waals surface area contributed by atoms with Crippen molar-refractivity contribution in [3.05, 3.63) is 174 Å². The van der Waals surface area contributed by atoms with Crippen molar-refractivity contribution in [1.82, 2.24) is 0 Å². The molecule has 0 amide bonds. The lowest BCUT2D eigenvalue weighted by molar-refractivity contribution is 0.152. The van der Waals surface area contributed by atoms with Gasteiger partial charge in [0.1, 0.15) is 23.0 Å². The average Bonchev–Trinajstić information content (AvgIpc) is 3.72. The maximum absolute atomic E-state index is 6.85. The third-order valence-electron chi connectivity index (χ3n) is 10.8. The number of hydrogen-bond donors (Lipinski definition) is 0. The molecular weight excluding hydrogens is 587 g/mol. The van der Waals surface area contributed by atoms with E-state index in [2.05, 4.69) is 144 Å². The Hall–Kier alpha value is -5.54. The fourth-order valence-corrected chi connectivity index (χ4v) is 8.51. The first-order valence-electron chi connectivity index (χ1n) is 17.2. The summed E-state index contributed by atoms with van der Waals surface area (Å²) in [5, 5.41) is 2.30. The second-order valence-electron chi connectivity index (χ2n) is 13.5. The molecule has 0 saturated heterocycles. The summed E-state index contributed by atoms with van der Waals surface area (Å²) >= 11 is 0. The van der Waals surface area contributed by atoms with Gasteiger partial charge in [0, 0.05) is 52.7 Å². The first kappa shape index (κ1) is 27.6. The molecule has 48 heavy (non-hydrogen) atoms. The zero-order chi connectivity index (χ0) is 31.6. The van der Waals surface area contributed by atoms with Crippen molar-refractivity contribution in [1.29, 1.82) is 0 Å². The molecule has 1 aromatic heterocycles. The zero-order valence-corrected chi connectivity index (χ0v) is 26.7. The number of ether oxygens (including phenoxy) is 1. The Morgan fingerprint density at radius 3 is 2.38 bits per heavy atom. The van der Waals surface area contributed by atoms with Crippen LogP contribution in [0.5, 0.6) is 0 Å². The molecule has 0 radical (unpaired) electrons. The molecule has 3 aliphatic carbocycles. The fraction of sp³-hybridized carbons (Fsp3) is 0.156. The SMILES string of the molecule is C1=CC2=C(C=CC3OC4=C(c5ccccc5C(CN(c5ccc(-c6ccccc6)cc5)c5ccc6c(c5)oc5ccccc56)C4)C23)CC1. The van der Waals surface area contributed by atoms with Crippen LogP contribution in [0.2, 0.25) is 0 Å². The molecule has 0 spiro atoms. The van der Waals surface area contributed by atoms with E-state index in [1.54, 1.807) is 0 Å². The van der Waals surface area contributed by atoms with Crippen molar-refractivity contribution in [2.75, 3.05) is 11.4 Å². The molecule has 3 heteroatoms. The standard InChI is InChI=1S/C45H35NO2/c1-2-10-29(11-3-1)30-18-21-33(22-19-30)46(34-23-24-38-37-15-8-9-17-40(37)47-42(38)27-34)28-32-26-43-45(39-16-7-6-13-35(32)39)44-36-14-5-4-12-31(36)20-25-41(44)48-43/h1-3,5-11,13-25,27,32,41,44H,4,12,26,28H2. The number of allylic oxidation sites excluding steroid dienone is 5. The summed E-state index contributed by atoms with van der Waals surface area (Å²) in [5.41, 5.74) is 13.6. The fourth-order valence-electron chi connectivity index (χ4n) is 8.51. The first-order chi connectivity index (χ1) is 23.8. The van der Waals surface area contributed by atoms with Crippen LogP contribution in [0.3, 0.4) is 0 Å². The number of para-hydroxylation sites is 1. The largest absolute Gasteiger partial charge is 0.489 e. The van der Waals surface area contributed by atoms with E-state index in [0.717, 1.165) is 64.9 Å². The van der Waals surface area contributed by atoms with E-state index in [-0.39, 0.29) is 17.9 Å². The summed E-state index contributed by atoms with van der Waals surface area (Å²) in [4.78, 5) is 2.47. The molecule has 3 atom stereocenters. The molecule has 0 N–H and O–H groups in total. The second kappa shape index (κ2) is 11.0. The molecule has 5 aromatic carbocycles. The molecule has 6 aromatic rings. The molecule has 3 unspecified atom stereocenters. The summed E-state index contributed by atoms with van der Waals surface area (Å²) in [6.45, 7) is 0.812. The Morgan fingerprint density at radius 1 is 0.688 bits per heavy atom. The van der Waals surface area contributed by atoms with E-state index >= 15 is 0 Å². The summed E-state index contributed by atoms with van der Waals surface area (Å²) in [7, 11) is 0. The molecule has 0 fully saturated rings. The summed E-state index contributed by atoms with van der Waals surface area (Å²) < 4.78 is 13.2. The first-order valence-corrected chi connectivity index (χ1v) is 17.2. The number of fused-ring (bicyclic) bond motifs is 8. The van der Waals surface area contributed by atoms with Gasteiger partial charge >= 0.3 is 0 Å². The van der Waals surface area contributed by atoms with Crippen LogP contribution in [-0.2, 0) is 4.74 Å². The number of rotatable bonds is 5. The molecule has 4 aliphatic rings. The van der Waals surface area contributed by atoms with Crippen LogP contribution in [0.4, 0.5) is 11.4 Å². The highest BCUT2D eigenvalue weighted by atomic mass is 16.5. The topological polar surface area (TPSA) is 25.6 Å². The quantitative estimate of drug-likeness (QED) is 0.192. The van der Waals surface area contributed by atoms with Crippen LogP contribution < -0.4 is 4.90 Å². The molecule has 0 bridgehead atoms. The Balaban J connectivity index is 1.06. The third-order valence-corrected chi connectivity index (χ3v) is 10.8. The van der Waals surface area contributed by atoms with Gasteiger partial charge in [-0.25, -0.2) is 0 Å². The third kappa shape index (κ3) is 4.41. The van der Waals surface area contributed by atoms with Gasteiger partial charge in [0.2, 0.25) is 0 Å². The van der Waals surface area contributed by atoms with Gasteiger partial charge < -0.3 is 14.1 Å². The minimum absolute atomic E-state index is 0.0698. The highest BCUT2D eigenvalue weighted by Gasteiger charge is 2.44. The van der Waals surface area contributed by atoms with Crippen molar-refractivity contribution in [3.8, 4) is 11.1 Å². The predicted molar refractivity (Wildman–Crippen MR) is 196 cm³/mol. The number of furan rings is 1. The van der Waals surface area contributed by atoms with E-state index in [9.17, 15) is 0 Å². The Morgan fingerprint density at radius 2 is 1.46 bits per heavy atom. The van der Waals surface area contributed by atoms with E-state index in [0.29, 0.717) is 0 Å². The summed E-state index contributed by atoms with van der Waals surface area (Å²) in [6, 6.07) is 43.7. The van der Waals surface area contributed by atoms with E-state index < -0.39 is 0 Å². The zero-order valence-electron chi connectivity index (χ0n) is 26.7. The number of hydrogen-bond acceptors (Lipinski definition) is 3. The van der Waals surface area contributed by atoms with Crippen molar-refractivity contribution in [2.45, 2.75) is 31.3 Å². The molecule has 3 nitrogen and oxygen atoms in total. The van der Waals surface area contributed by atoms with Gasteiger partial charge in [-0.3, -0.25) is 0 Å². The van der Waals surface area contributed by atoms with E-state index in [1.165, 1.54) is 39.0 Å². The maximum Gasteiger partial charge on any atom is 0.137 e. The Labute approximate surface area is 280 Å². The van der Waals surface area contributed by atoms with E-state index in [4.69, 9.17) is 9.15 Å². The molecule has 0 saturated carbocycles. The van der Waals surface area contributed by atoms with Crippen molar-refractivity contribution in [3.63, 3.8) is 0 Å². The highest BCUT2D eigenvalue weighted by Crippen LogP contribution is 2.54. The van der Waals surface area contributed by atoms with Crippen molar-refractivity contribution in [2.24, 2.45) is 5.92 Å². The van der Waals surface area contributed by atoms with Crippen LogP contribution in [0, 0.1) is 5.92 Å². The maximum atomic E-state index is 6.85. The lowest BCUT2D eigenvalue weighted by Crippen LogP contribution is -2.27. The lowest BCUT2D eigenvalue weighted by atomic mass is 9.72.